The Bertz CT molecular complexity index is 336. The smallest absolute Gasteiger partial charge is 1.00 e. The van der Waals surface area contributed by atoms with Crippen LogP contribution < -0.4 is 380 Å². The average molecular weight is 586 g/mol. The molecule has 24 heavy (non-hydrogen) atoms. The minimum Gasteiger partial charge on any atom is -1.00 e. The second-order valence-corrected chi connectivity index (χ2v) is 7.44. The van der Waals surface area contributed by atoms with Gasteiger partial charge in [-0.3, -0.25) is 4.90 Å². The molecule has 0 radical (unpaired) electrons. The Labute approximate surface area is 424 Å². The van der Waals surface area contributed by atoms with Crippen molar-refractivity contribution in [3.05, 3.63) is 0 Å². The number of hydrogen-bond acceptors (Lipinski definition) is 10. The van der Waals surface area contributed by atoms with E-state index in [0.29, 0.717) is 0 Å². The third-order valence-electron chi connectivity index (χ3n) is 1.12. The van der Waals surface area contributed by atoms with E-state index in [1.54, 1.807) is 0 Å². The van der Waals surface area contributed by atoms with E-state index in [4.69, 9.17) is 0 Å². The third kappa shape index (κ3) is 50.4. The van der Waals surface area contributed by atoms with Gasteiger partial charge in [0.25, 0.3) is 0 Å². The molecule has 0 heterocycles. The first kappa shape index (κ1) is 60.2. The molecule has 0 aliphatic carbocycles. The molecule has 0 aromatic heterocycles. The Morgan fingerprint density at radius 3 is 0.750 bits per heavy atom. The van der Waals surface area contributed by atoms with E-state index in [-0.39, 0.29) is 355 Å². The van der Waals surface area contributed by atoms with Crippen molar-refractivity contribution in [3.63, 3.8) is 0 Å². The van der Waals surface area contributed by atoms with E-state index >= 15 is 0 Å². The summed E-state index contributed by atoms with van der Waals surface area (Å²) in [7, 11) is -15.8. The number of hydrogen-bond donors (Lipinski definition) is 0. The predicted molar refractivity (Wildman–Crippen MR) is 39.3 cm³/mol. The van der Waals surface area contributed by atoms with Gasteiger partial charge in [0.1, 0.15) is 0 Å². The summed E-state index contributed by atoms with van der Waals surface area (Å²) < 4.78 is 30.8. The van der Waals surface area contributed by atoms with Crippen LogP contribution in [0.3, 0.4) is 0 Å². The Balaban J connectivity index is -0.0000000402. The molecule has 0 rings (SSSR count). The zero-order valence-electron chi connectivity index (χ0n) is 15.0. The molecule has 0 aliphatic heterocycles. The van der Waals surface area contributed by atoms with Gasteiger partial charge in [-0.25, -0.2) is 0 Å². The Kier molecular flexibility index (Phi) is 77.1. The molecule has 21 heteroatoms. The molecule has 106 valence electrons. The predicted octanol–water partition coefficient (Wildman–Crippen LogP) is -29.1. The van der Waals surface area contributed by atoms with Gasteiger partial charge in [-0.1, -0.05) is 22.8 Å². The molecule has 0 aromatic carbocycles. The van der Waals surface area contributed by atoms with Gasteiger partial charge in [-0.15, -0.1) is 0 Å². The molecule has 0 amide bonds. The summed E-state index contributed by atoms with van der Waals surface area (Å²) >= 11 is 0. The zero-order chi connectivity index (χ0) is 13.2. The topological polar surface area (TPSA) is 193 Å². The maximum absolute atomic E-state index is 10.3. The van der Waals surface area contributed by atoms with Crippen molar-refractivity contribution in [3.8, 4) is 0 Å². The SMILES string of the molecule is O=P([O-])([O-])CN(CP(=O)([O-])[O-])CP(=O)([O-])[O-].[Cl-].[K+].[K+].[K+].[K+].[K+].[K+].[Na+]. The van der Waals surface area contributed by atoms with E-state index in [9.17, 15) is 43.1 Å². The van der Waals surface area contributed by atoms with Crippen LogP contribution in [0.1, 0.15) is 0 Å². The number of halogens is 1. The molecule has 0 fully saturated rings. The Morgan fingerprint density at radius 1 is 0.542 bits per heavy atom. The van der Waals surface area contributed by atoms with Gasteiger partial charge in [-0.2, -0.15) is 0 Å². The minimum atomic E-state index is -5.27. The first-order valence-corrected chi connectivity index (χ1v) is 8.72. The fourth-order valence-electron chi connectivity index (χ4n) is 0.869. The van der Waals surface area contributed by atoms with Crippen molar-refractivity contribution >= 4 is 22.8 Å². The first-order valence-electron chi connectivity index (χ1n) is 3.54. The van der Waals surface area contributed by atoms with E-state index < -0.39 is 41.6 Å². The zero-order valence-corrected chi connectivity index (χ0v) is 39.1. The largest absolute Gasteiger partial charge is 1.00 e. The van der Waals surface area contributed by atoms with Gasteiger partial charge < -0.3 is 55.5 Å². The second-order valence-electron chi connectivity index (χ2n) is 2.93. The van der Waals surface area contributed by atoms with Crippen molar-refractivity contribution in [2.75, 3.05) is 18.9 Å². The van der Waals surface area contributed by atoms with E-state index in [0.717, 1.165) is 0 Å². The van der Waals surface area contributed by atoms with E-state index in [1.165, 1.54) is 0 Å². The molecule has 0 atom stereocenters. The summed E-state index contributed by atoms with van der Waals surface area (Å²) in [5.41, 5.74) is 0. The standard InChI is InChI=1S/C3H12NO9P3.ClH.6K.Na/c5-14(6,7)1-4(2-15(8,9)10)3-16(11,12)13;;;;;;;;/h1-3H2,(H2,5,6,7)(H2,8,9,10)(H2,11,12,13);1H;;;;;;;/q;;7*+1/p-7. The van der Waals surface area contributed by atoms with Crippen LogP contribution in [0.15, 0.2) is 0 Å². The van der Waals surface area contributed by atoms with Gasteiger partial charge in [0.2, 0.25) is 0 Å². The molecule has 0 N–H and O–H groups in total. The molecule has 0 saturated heterocycles. The van der Waals surface area contributed by atoms with Gasteiger partial charge >= 0.3 is 338 Å². The summed E-state index contributed by atoms with van der Waals surface area (Å²) in [6, 6.07) is 0. The van der Waals surface area contributed by atoms with E-state index in [1.807, 2.05) is 0 Å². The number of nitrogens with zero attached hydrogens (tertiary/aromatic N) is 1. The molecule has 0 unspecified atom stereocenters. The van der Waals surface area contributed by atoms with Gasteiger partial charge in [0.05, 0.1) is 0 Å². The van der Waals surface area contributed by atoms with Gasteiger partial charge in [0.15, 0.2) is 0 Å². The first-order chi connectivity index (χ1) is 6.79. The van der Waals surface area contributed by atoms with E-state index in [2.05, 4.69) is 0 Å². The fourth-order valence-corrected chi connectivity index (χ4v) is 3.41. The quantitative estimate of drug-likeness (QED) is 0.213. The summed E-state index contributed by atoms with van der Waals surface area (Å²) in [4.78, 5) is 61.5. The molecule has 0 bridgehead atoms. The Morgan fingerprint density at radius 2 is 0.667 bits per heavy atom. The summed E-state index contributed by atoms with van der Waals surface area (Å²) in [6.45, 7) is 0. The minimum absolute atomic E-state index is 0. The normalized spacial score (nSPS) is 9.62. The molecule has 0 aromatic rings. The van der Waals surface area contributed by atoms with Crippen LogP contribution in [-0.2, 0) is 13.7 Å². The van der Waals surface area contributed by atoms with Gasteiger partial charge in [0, 0.05) is 18.9 Å². The van der Waals surface area contributed by atoms with Gasteiger partial charge in [-0.05, 0) is 0 Å². The number of rotatable bonds is 6. The van der Waals surface area contributed by atoms with Crippen molar-refractivity contribution < 1.29 is 393 Å². The van der Waals surface area contributed by atoms with Crippen LogP contribution in [0.2, 0.25) is 0 Å². The third-order valence-corrected chi connectivity index (χ3v) is 3.36. The molecular formula is C3H6ClK6NNaO9P3. The molecule has 10 nitrogen and oxygen atoms in total. The monoisotopic (exact) mass is 585 g/mol. The van der Waals surface area contributed by atoms with Crippen LogP contribution >= 0.6 is 22.8 Å². The average Bonchev–Trinajstić information content (AvgIpc) is 1.70. The maximum atomic E-state index is 10.3. The van der Waals surface area contributed by atoms with Crippen LogP contribution in [0, 0.1) is 0 Å². The fraction of sp³-hybridized carbons (Fsp3) is 1.00. The van der Waals surface area contributed by atoms with Crippen LogP contribution in [0.5, 0.6) is 0 Å². The van der Waals surface area contributed by atoms with Crippen molar-refractivity contribution in [2.45, 2.75) is 0 Å². The Hall–Kier alpha value is 11.5. The molecule has 0 aliphatic rings. The maximum Gasteiger partial charge on any atom is 1.00 e. The summed E-state index contributed by atoms with van der Waals surface area (Å²) in [6.07, 6.45) is -4.55. The van der Waals surface area contributed by atoms with Crippen molar-refractivity contribution in [2.24, 2.45) is 0 Å². The molecule has 0 saturated carbocycles. The molecule has 0 spiro atoms. The van der Waals surface area contributed by atoms with Crippen LogP contribution in [0.4, 0.5) is 0 Å². The van der Waals surface area contributed by atoms with Crippen molar-refractivity contribution in [1.29, 1.82) is 0 Å². The summed E-state index contributed by atoms with van der Waals surface area (Å²) in [5.74, 6) is 0. The second kappa shape index (κ2) is 30.7. The van der Waals surface area contributed by atoms with Crippen LogP contribution in [-0.4, -0.2) is 23.8 Å². The molecular weight excluding hydrogens is 580 g/mol. The summed E-state index contributed by atoms with van der Waals surface area (Å²) in [5, 5.41) is 0. The van der Waals surface area contributed by atoms with Crippen molar-refractivity contribution in [1.82, 2.24) is 4.90 Å². The van der Waals surface area contributed by atoms with Crippen LogP contribution in [0.25, 0.3) is 0 Å².